The number of rotatable bonds is 2. The molecule has 0 saturated heterocycles. The Balaban J connectivity index is 2.21. The summed E-state index contributed by atoms with van der Waals surface area (Å²) in [7, 11) is 1.67. The fraction of sp³-hybridized carbons (Fsp3) is 0.417. The molecule has 0 heterocycles. The number of benzene rings is 1. The van der Waals surface area contributed by atoms with Crippen molar-refractivity contribution in [1.29, 1.82) is 0 Å². The van der Waals surface area contributed by atoms with E-state index in [2.05, 4.69) is 11.4 Å². The first-order valence-corrected chi connectivity index (χ1v) is 5.13. The maximum Gasteiger partial charge on any atom is 0.251 e. The van der Waals surface area contributed by atoms with Gasteiger partial charge in [-0.05, 0) is 36.5 Å². The van der Waals surface area contributed by atoms with Crippen LogP contribution in [0.15, 0.2) is 24.3 Å². The van der Waals surface area contributed by atoms with Gasteiger partial charge in [0.15, 0.2) is 0 Å². The molecule has 0 radical (unpaired) electrons. The van der Waals surface area contributed by atoms with Gasteiger partial charge in [0.1, 0.15) is 0 Å². The first-order chi connectivity index (χ1) is 6.81. The molecule has 1 aromatic carbocycles. The Morgan fingerprint density at radius 2 is 2.21 bits per heavy atom. The molecule has 0 atom stereocenters. The van der Waals surface area contributed by atoms with Crippen LogP contribution in [-0.2, 0) is 0 Å². The summed E-state index contributed by atoms with van der Waals surface area (Å²) in [5, 5.41) is 2.64. The number of carbonyl (C=O) groups is 1. The molecule has 0 spiro atoms. The molecule has 1 saturated carbocycles. The van der Waals surface area contributed by atoms with Crippen molar-refractivity contribution in [3.8, 4) is 0 Å². The maximum absolute atomic E-state index is 11.4. The van der Waals surface area contributed by atoms with Crippen LogP contribution < -0.4 is 5.32 Å². The second kappa shape index (κ2) is 3.82. The van der Waals surface area contributed by atoms with Gasteiger partial charge in [-0.15, -0.1) is 0 Å². The predicted molar refractivity (Wildman–Crippen MR) is 56.4 cm³/mol. The molecule has 1 fully saturated rings. The average molecular weight is 189 g/mol. The zero-order valence-electron chi connectivity index (χ0n) is 8.42. The summed E-state index contributed by atoms with van der Waals surface area (Å²) < 4.78 is 0. The molecule has 74 valence electrons. The van der Waals surface area contributed by atoms with E-state index >= 15 is 0 Å². The molecule has 1 amide bonds. The molecule has 2 rings (SSSR count). The van der Waals surface area contributed by atoms with Crippen LogP contribution in [-0.4, -0.2) is 13.0 Å². The van der Waals surface area contributed by atoms with Gasteiger partial charge in [-0.25, -0.2) is 0 Å². The lowest BCUT2D eigenvalue weighted by molar-refractivity contribution is 0.0963. The van der Waals surface area contributed by atoms with Gasteiger partial charge in [0, 0.05) is 12.6 Å². The van der Waals surface area contributed by atoms with Gasteiger partial charge < -0.3 is 5.32 Å². The first-order valence-electron chi connectivity index (χ1n) is 5.13. The van der Waals surface area contributed by atoms with Crippen LogP contribution in [0.1, 0.15) is 41.1 Å². The topological polar surface area (TPSA) is 29.1 Å². The van der Waals surface area contributed by atoms with Crippen molar-refractivity contribution in [2.24, 2.45) is 0 Å². The Labute approximate surface area is 84.3 Å². The molecule has 0 unspecified atom stereocenters. The Morgan fingerprint density at radius 3 is 2.79 bits per heavy atom. The monoisotopic (exact) mass is 189 g/mol. The molecule has 1 aromatic rings. The molecular weight excluding hydrogens is 174 g/mol. The maximum atomic E-state index is 11.4. The van der Waals surface area contributed by atoms with Crippen molar-refractivity contribution in [1.82, 2.24) is 5.32 Å². The minimum atomic E-state index is 0.00572. The minimum absolute atomic E-state index is 0.00572. The third kappa shape index (κ3) is 1.65. The second-order valence-corrected chi connectivity index (χ2v) is 3.83. The van der Waals surface area contributed by atoms with E-state index < -0.39 is 0 Å². The van der Waals surface area contributed by atoms with Gasteiger partial charge in [-0.2, -0.15) is 0 Å². The molecule has 0 aliphatic heterocycles. The van der Waals surface area contributed by atoms with Crippen LogP contribution >= 0.6 is 0 Å². The normalized spacial score (nSPS) is 16.1. The largest absolute Gasteiger partial charge is 0.355 e. The van der Waals surface area contributed by atoms with Gasteiger partial charge in [-0.1, -0.05) is 18.6 Å². The third-order valence-electron chi connectivity index (χ3n) is 2.95. The second-order valence-electron chi connectivity index (χ2n) is 3.83. The summed E-state index contributed by atoms with van der Waals surface area (Å²) in [6, 6.07) is 7.97. The van der Waals surface area contributed by atoms with E-state index in [0.717, 1.165) is 5.56 Å². The Bertz CT molecular complexity index is 342. The van der Waals surface area contributed by atoms with Crippen molar-refractivity contribution in [2.45, 2.75) is 25.2 Å². The summed E-state index contributed by atoms with van der Waals surface area (Å²) in [6.07, 6.45) is 3.88. The van der Waals surface area contributed by atoms with Crippen LogP contribution in [0.2, 0.25) is 0 Å². The lowest BCUT2D eigenvalue weighted by Crippen LogP contribution is -2.18. The molecule has 1 aliphatic carbocycles. The molecule has 0 aromatic heterocycles. The predicted octanol–water partition coefficient (Wildman–Crippen LogP) is 2.31. The lowest BCUT2D eigenvalue weighted by atomic mass is 9.80. The Morgan fingerprint density at radius 1 is 1.43 bits per heavy atom. The van der Waals surface area contributed by atoms with Crippen molar-refractivity contribution in [3.05, 3.63) is 35.4 Å². The van der Waals surface area contributed by atoms with E-state index in [1.54, 1.807) is 7.05 Å². The summed E-state index contributed by atoms with van der Waals surface area (Å²) in [5.41, 5.74) is 2.09. The van der Waals surface area contributed by atoms with E-state index in [4.69, 9.17) is 0 Å². The molecule has 14 heavy (non-hydrogen) atoms. The zero-order chi connectivity index (χ0) is 9.97. The van der Waals surface area contributed by atoms with Crippen molar-refractivity contribution >= 4 is 5.91 Å². The summed E-state index contributed by atoms with van der Waals surface area (Å²) >= 11 is 0. The van der Waals surface area contributed by atoms with Crippen LogP contribution in [0, 0.1) is 0 Å². The summed E-state index contributed by atoms with van der Waals surface area (Å²) in [6.45, 7) is 0. The first kappa shape index (κ1) is 9.25. The van der Waals surface area contributed by atoms with Gasteiger partial charge in [-0.3, -0.25) is 4.79 Å². The smallest absolute Gasteiger partial charge is 0.251 e. The van der Waals surface area contributed by atoms with Crippen LogP contribution in [0.5, 0.6) is 0 Å². The Kier molecular flexibility index (Phi) is 2.53. The van der Waals surface area contributed by atoms with Gasteiger partial charge in [0.25, 0.3) is 5.91 Å². The van der Waals surface area contributed by atoms with Crippen molar-refractivity contribution in [3.63, 3.8) is 0 Å². The van der Waals surface area contributed by atoms with Crippen molar-refractivity contribution in [2.75, 3.05) is 7.05 Å². The highest BCUT2D eigenvalue weighted by molar-refractivity contribution is 5.94. The van der Waals surface area contributed by atoms with E-state index in [9.17, 15) is 4.79 Å². The molecule has 1 N–H and O–H groups in total. The Hall–Kier alpha value is -1.31. The number of hydrogen-bond acceptors (Lipinski definition) is 1. The summed E-state index contributed by atoms with van der Waals surface area (Å²) in [5.74, 6) is 0.700. The highest BCUT2D eigenvalue weighted by atomic mass is 16.1. The SMILES string of the molecule is CNC(=O)c1cccc(C2CCC2)c1. The molecule has 1 aliphatic rings. The third-order valence-corrected chi connectivity index (χ3v) is 2.95. The van der Waals surface area contributed by atoms with E-state index in [1.165, 1.54) is 24.8 Å². The van der Waals surface area contributed by atoms with Crippen LogP contribution in [0.4, 0.5) is 0 Å². The van der Waals surface area contributed by atoms with Crippen molar-refractivity contribution < 1.29 is 4.79 Å². The highest BCUT2D eigenvalue weighted by Crippen LogP contribution is 2.36. The highest BCUT2D eigenvalue weighted by Gasteiger charge is 2.19. The van der Waals surface area contributed by atoms with E-state index in [1.807, 2.05) is 18.2 Å². The van der Waals surface area contributed by atoms with Crippen LogP contribution in [0.25, 0.3) is 0 Å². The number of amides is 1. The molecule has 2 nitrogen and oxygen atoms in total. The minimum Gasteiger partial charge on any atom is -0.355 e. The number of nitrogens with one attached hydrogen (secondary N) is 1. The molecule has 2 heteroatoms. The van der Waals surface area contributed by atoms with E-state index in [0.29, 0.717) is 5.92 Å². The van der Waals surface area contributed by atoms with Gasteiger partial charge >= 0.3 is 0 Å². The number of hydrogen-bond donors (Lipinski definition) is 1. The van der Waals surface area contributed by atoms with E-state index in [-0.39, 0.29) is 5.91 Å². The average Bonchev–Trinajstić information content (AvgIpc) is 2.14. The van der Waals surface area contributed by atoms with Gasteiger partial charge in [0.05, 0.1) is 0 Å². The molecule has 0 bridgehead atoms. The number of carbonyl (C=O) groups excluding carboxylic acids is 1. The zero-order valence-corrected chi connectivity index (χ0v) is 8.42. The summed E-state index contributed by atoms with van der Waals surface area (Å²) in [4.78, 5) is 11.4. The van der Waals surface area contributed by atoms with Gasteiger partial charge in [0.2, 0.25) is 0 Å². The lowest BCUT2D eigenvalue weighted by Gasteiger charge is -2.25. The fourth-order valence-electron chi connectivity index (χ4n) is 1.82. The standard InChI is InChI=1S/C12H15NO/c1-13-12(14)11-7-3-6-10(8-11)9-4-2-5-9/h3,6-9H,2,4-5H2,1H3,(H,13,14). The molecular formula is C12H15NO. The quantitative estimate of drug-likeness (QED) is 0.760. The van der Waals surface area contributed by atoms with Crippen LogP contribution in [0.3, 0.4) is 0 Å². The fourth-order valence-corrected chi connectivity index (χ4v) is 1.82.